The molecule has 3 rings (SSSR count). The van der Waals surface area contributed by atoms with Crippen molar-refractivity contribution < 1.29 is 22.4 Å². The van der Waals surface area contributed by atoms with Gasteiger partial charge in [-0.1, -0.05) is 35.5 Å². The lowest BCUT2D eigenvalue weighted by atomic mass is 10.1. The van der Waals surface area contributed by atoms with Crippen LogP contribution in [0.5, 0.6) is 0 Å². The van der Waals surface area contributed by atoms with E-state index < -0.39 is 22.9 Å². The van der Waals surface area contributed by atoms with Crippen molar-refractivity contribution in [2.24, 2.45) is 0 Å². The standard InChI is InChI=1S/C19H16F3N3O2S/c1-11-5-3-6-13(9-11)17-24-25-18(27-17)28-12(2)16(26)23-15-8-4-7-14(10-15)19(20,21)22/h3-10,12H,1-2H3,(H,23,26)/t12-/m0/s1. The fourth-order valence-electron chi connectivity index (χ4n) is 2.37. The van der Waals surface area contributed by atoms with E-state index in [4.69, 9.17) is 4.42 Å². The predicted octanol–water partition coefficient (Wildman–Crippen LogP) is 5.18. The Labute approximate surface area is 163 Å². The summed E-state index contributed by atoms with van der Waals surface area (Å²) in [6.45, 7) is 3.54. The second-order valence-electron chi connectivity index (χ2n) is 6.07. The molecule has 0 fully saturated rings. The first-order chi connectivity index (χ1) is 13.2. The van der Waals surface area contributed by atoms with E-state index in [9.17, 15) is 18.0 Å². The normalized spacial score (nSPS) is 12.6. The molecule has 1 N–H and O–H groups in total. The fraction of sp³-hybridized carbons (Fsp3) is 0.211. The SMILES string of the molecule is Cc1cccc(-c2nnc(S[C@@H](C)C(=O)Nc3cccc(C(F)(F)F)c3)o2)c1. The van der Waals surface area contributed by atoms with E-state index in [1.807, 2.05) is 31.2 Å². The number of aryl methyl sites for hydroxylation is 1. The molecule has 9 heteroatoms. The first-order valence-corrected chi connectivity index (χ1v) is 9.15. The maximum atomic E-state index is 12.8. The molecule has 28 heavy (non-hydrogen) atoms. The van der Waals surface area contributed by atoms with Crippen LogP contribution in [0.3, 0.4) is 0 Å². The molecule has 0 bridgehead atoms. The number of carbonyl (C=O) groups is 1. The van der Waals surface area contributed by atoms with Gasteiger partial charge >= 0.3 is 6.18 Å². The van der Waals surface area contributed by atoms with E-state index in [0.29, 0.717) is 5.89 Å². The summed E-state index contributed by atoms with van der Waals surface area (Å²) < 4.78 is 43.9. The van der Waals surface area contributed by atoms with Gasteiger partial charge in [-0.15, -0.1) is 10.2 Å². The highest BCUT2D eigenvalue weighted by Crippen LogP contribution is 2.31. The van der Waals surface area contributed by atoms with E-state index in [-0.39, 0.29) is 10.9 Å². The zero-order valence-corrected chi connectivity index (χ0v) is 15.8. The Hall–Kier alpha value is -2.81. The number of anilines is 1. The van der Waals surface area contributed by atoms with Gasteiger partial charge in [0, 0.05) is 11.3 Å². The zero-order valence-electron chi connectivity index (χ0n) is 14.9. The largest absolute Gasteiger partial charge is 0.416 e. The number of hydrogen-bond donors (Lipinski definition) is 1. The first kappa shape index (κ1) is 19.9. The van der Waals surface area contributed by atoms with Crippen LogP contribution in [0.25, 0.3) is 11.5 Å². The van der Waals surface area contributed by atoms with Crippen LogP contribution in [0.4, 0.5) is 18.9 Å². The van der Waals surface area contributed by atoms with E-state index in [1.54, 1.807) is 6.92 Å². The second kappa shape index (κ2) is 8.05. The number of nitrogens with zero attached hydrogens (tertiary/aromatic N) is 2. The summed E-state index contributed by atoms with van der Waals surface area (Å²) in [4.78, 5) is 12.3. The molecule has 0 aliphatic heterocycles. The Kier molecular flexibility index (Phi) is 5.73. The average molecular weight is 407 g/mol. The van der Waals surface area contributed by atoms with Crippen LogP contribution < -0.4 is 5.32 Å². The van der Waals surface area contributed by atoms with Crippen LogP contribution in [-0.4, -0.2) is 21.4 Å². The molecule has 0 saturated carbocycles. The van der Waals surface area contributed by atoms with Gasteiger partial charge in [-0.05, 0) is 44.2 Å². The maximum Gasteiger partial charge on any atom is 0.416 e. The Morgan fingerprint density at radius 1 is 1.14 bits per heavy atom. The number of amides is 1. The van der Waals surface area contributed by atoms with Crippen LogP contribution in [0.2, 0.25) is 0 Å². The van der Waals surface area contributed by atoms with Gasteiger partial charge in [-0.25, -0.2) is 0 Å². The molecule has 3 aromatic rings. The highest BCUT2D eigenvalue weighted by molar-refractivity contribution is 8.00. The fourth-order valence-corrected chi connectivity index (χ4v) is 3.06. The van der Waals surface area contributed by atoms with Crippen molar-refractivity contribution in [3.8, 4) is 11.5 Å². The van der Waals surface area contributed by atoms with E-state index in [1.165, 1.54) is 12.1 Å². The predicted molar refractivity (Wildman–Crippen MR) is 99.9 cm³/mol. The number of nitrogens with one attached hydrogen (secondary N) is 1. The Balaban J connectivity index is 1.65. The van der Waals surface area contributed by atoms with Gasteiger partial charge in [0.25, 0.3) is 5.22 Å². The quantitative estimate of drug-likeness (QED) is 0.590. The van der Waals surface area contributed by atoms with Crippen LogP contribution in [0, 0.1) is 6.92 Å². The summed E-state index contributed by atoms with van der Waals surface area (Å²) in [7, 11) is 0. The lowest BCUT2D eigenvalue weighted by Gasteiger charge is -2.12. The third kappa shape index (κ3) is 4.92. The van der Waals surface area contributed by atoms with E-state index in [2.05, 4.69) is 15.5 Å². The number of hydrogen-bond acceptors (Lipinski definition) is 5. The van der Waals surface area contributed by atoms with Gasteiger partial charge in [0.2, 0.25) is 11.8 Å². The summed E-state index contributed by atoms with van der Waals surface area (Å²) in [5, 5.41) is 9.90. The van der Waals surface area contributed by atoms with Crippen molar-refractivity contribution in [3.63, 3.8) is 0 Å². The van der Waals surface area contributed by atoms with Gasteiger partial charge in [0.15, 0.2) is 0 Å². The number of rotatable bonds is 5. The summed E-state index contributed by atoms with van der Waals surface area (Å²) in [5.74, 6) is -0.142. The summed E-state index contributed by atoms with van der Waals surface area (Å²) >= 11 is 1.03. The molecule has 5 nitrogen and oxygen atoms in total. The van der Waals surface area contributed by atoms with E-state index in [0.717, 1.165) is 35.0 Å². The summed E-state index contributed by atoms with van der Waals surface area (Å²) in [6, 6.07) is 12.0. The minimum atomic E-state index is -4.48. The number of aromatic nitrogens is 2. The van der Waals surface area contributed by atoms with Gasteiger partial charge in [-0.2, -0.15) is 13.2 Å². The zero-order chi connectivity index (χ0) is 20.3. The monoisotopic (exact) mass is 407 g/mol. The number of benzene rings is 2. The maximum absolute atomic E-state index is 12.8. The van der Waals surface area contributed by atoms with Crippen molar-refractivity contribution in [2.75, 3.05) is 5.32 Å². The molecule has 0 aliphatic carbocycles. The van der Waals surface area contributed by atoms with Crippen molar-refractivity contribution in [1.29, 1.82) is 0 Å². The van der Waals surface area contributed by atoms with Crippen LogP contribution >= 0.6 is 11.8 Å². The van der Waals surface area contributed by atoms with Gasteiger partial charge in [0.1, 0.15) is 0 Å². The number of alkyl halides is 3. The highest BCUT2D eigenvalue weighted by atomic mass is 32.2. The van der Waals surface area contributed by atoms with Crippen molar-refractivity contribution in [2.45, 2.75) is 30.5 Å². The molecular weight excluding hydrogens is 391 g/mol. The molecule has 0 unspecified atom stereocenters. The summed E-state index contributed by atoms with van der Waals surface area (Å²) in [6.07, 6.45) is -4.48. The third-order valence-corrected chi connectivity index (χ3v) is 4.71. The average Bonchev–Trinajstić information content (AvgIpc) is 3.10. The third-order valence-electron chi connectivity index (χ3n) is 3.78. The van der Waals surface area contributed by atoms with Gasteiger partial charge in [0.05, 0.1) is 10.8 Å². The van der Waals surface area contributed by atoms with Crippen molar-refractivity contribution in [1.82, 2.24) is 10.2 Å². The lowest BCUT2D eigenvalue weighted by molar-refractivity contribution is -0.137. The lowest BCUT2D eigenvalue weighted by Crippen LogP contribution is -2.22. The topological polar surface area (TPSA) is 68.0 Å². The summed E-state index contributed by atoms with van der Waals surface area (Å²) in [5.41, 5.74) is 1.04. The Bertz CT molecular complexity index is 988. The number of carbonyl (C=O) groups excluding carboxylic acids is 1. The smallest absolute Gasteiger partial charge is 0.411 e. The minimum absolute atomic E-state index is 0.0678. The molecule has 0 aliphatic rings. The van der Waals surface area contributed by atoms with Crippen LogP contribution in [-0.2, 0) is 11.0 Å². The first-order valence-electron chi connectivity index (χ1n) is 8.28. The van der Waals surface area contributed by atoms with Crippen molar-refractivity contribution >= 4 is 23.4 Å². The molecular formula is C19H16F3N3O2S. The second-order valence-corrected chi connectivity index (χ2v) is 7.36. The molecule has 0 spiro atoms. The van der Waals surface area contributed by atoms with Gasteiger partial charge < -0.3 is 9.73 Å². The molecule has 146 valence electrons. The van der Waals surface area contributed by atoms with Crippen molar-refractivity contribution in [3.05, 3.63) is 59.7 Å². The molecule has 0 saturated heterocycles. The highest BCUT2D eigenvalue weighted by Gasteiger charge is 2.30. The Morgan fingerprint density at radius 2 is 1.89 bits per heavy atom. The molecule has 0 radical (unpaired) electrons. The van der Waals surface area contributed by atoms with Crippen LogP contribution in [0.1, 0.15) is 18.1 Å². The molecule has 2 aromatic carbocycles. The van der Waals surface area contributed by atoms with Gasteiger partial charge in [-0.3, -0.25) is 4.79 Å². The molecule has 1 amide bonds. The van der Waals surface area contributed by atoms with E-state index >= 15 is 0 Å². The minimum Gasteiger partial charge on any atom is -0.411 e. The van der Waals surface area contributed by atoms with Crippen LogP contribution in [0.15, 0.2) is 58.2 Å². The Morgan fingerprint density at radius 3 is 2.61 bits per heavy atom. The molecule has 1 atom stereocenters. The number of halogens is 3. The number of thioether (sulfide) groups is 1. The molecule has 1 heterocycles. The molecule has 1 aromatic heterocycles.